The molecule has 2 bridgehead atoms. The molecular formula is C20H29N. The van der Waals surface area contributed by atoms with Crippen molar-refractivity contribution < 1.29 is 0 Å². The molecule has 1 nitrogen and oxygen atoms in total. The summed E-state index contributed by atoms with van der Waals surface area (Å²) in [6.07, 6.45) is 7.66. The Hall–Kier alpha value is -1.24. The lowest BCUT2D eigenvalue weighted by Gasteiger charge is -2.22. The van der Waals surface area contributed by atoms with E-state index in [1.807, 2.05) is 0 Å². The second-order valence-electron chi connectivity index (χ2n) is 7.58. The molecule has 3 atom stereocenters. The molecule has 114 valence electrons. The third-order valence-corrected chi connectivity index (χ3v) is 5.34. The van der Waals surface area contributed by atoms with E-state index in [1.165, 1.54) is 29.7 Å². The maximum atomic E-state index is 3.75. The van der Waals surface area contributed by atoms with Crippen molar-refractivity contribution in [1.82, 2.24) is 0 Å². The van der Waals surface area contributed by atoms with E-state index in [0.29, 0.717) is 11.8 Å². The van der Waals surface area contributed by atoms with E-state index in [0.717, 1.165) is 24.3 Å². The van der Waals surface area contributed by atoms with E-state index in [9.17, 15) is 0 Å². The third kappa shape index (κ3) is 3.02. The highest BCUT2D eigenvalue weighted by molar-refractivity contribution is 5.54. The standard InChI is InChI=1S/C20H29N/c1-13(2)16-7-8-20(19(11-16)14(3)4)21-12-18-10-15-5-6-17(18)9-15/h5-8,11,13-15,17-18,21H,9-10,12H2,1-4H3. The van der Waals surface area contributed by atoms with Gasteiger partial charge in [-0.05, 0) is 59.6 Å². The molecule has 1 aromatic carbocycles. The number of hydrogen-bond acceptors (Lipinski definition) is 1. The van der Waals surface area contributed by atoms with Crippen molar-refractivity contribution >= 4 is 5.69 Å². The van der Waals surface area contributed by atoms with Crippen molar-refractivity contribution in [3.8, 4) is 0 Å². The largest absolute Gasteiger partial charge is 0.385 e. The highest BCUT2D eigenvalue weighted by Gasteiger charge is 2.35. The van der Waals surface area contributed by atoms with Crippen molar-refractivity contribution in [2.45, 2.75) is 52.4 Å². The maximum Gasteiger partial charge on any atom is 0.0375 e. The van der Waals surface area contributed by atoms with Gasteiger partial charge < -0.3 is 5.32 Å². The summed E-state index contributed by atoms with van der Waals surface area (Å²) < 4.78 is 0. The van der Waals surface area contributed by atoms with Crippen LogP contribution in [0.5, 0.6) is 0 Å². The first-order valence-corrected chi connectivity index (χ1v) is 8.60. The molecule has 0 amide bonds. The number of allylic oxidation sites excluding steroid dienone is 2. The van der Waals surface area contributed by atoms with Gasteiger partial charge in [-0.3, -0.25) is 0 Å². The summed E-state index contributed by atoms with van der Waals surface area (Å²) in [7, 11) is 0. The van der Waals surface area contributed by atoms with Crippen LogP contribution in [0.1, 0.15) is 63.5 Å². The van der Waals surface area contributed by atoms with Crippen LogP contribution < -0.4 is 5.32 Å². The number of rotatable bonds is 5. The predicted octanol–water partition coefficient (Wildman–Crippen LogP) is 5.56. The molecular weight excluding hydrogens is 254 g/mol. The van der Waals surface area contributed by atoms with Gasteiger partial charge in [0.2, 0.25) is 0 Å². The van der Waals surface area contributed by atoms with Crippen molar-refractivity contribution in [1.29, 1.82) is 0 Å². The summed E-state index contributed by atoms with van der Waals surface area (Å²) in [6.45, 7) is 10.3. The average molecular weight is 283 g/mol. The Labute approximate surface area is 129 Å². The molecule has 1 heteroatoms. The van der Waals surface area contributed by atoms with E-state index in [1.54, 1.807) is 0 Å². The van der Waals surface area contributed by atoms with Crippen LogP contribution in [0.2, 0.25) is 0 Å². The maximum absolute atomic E-state index is 3.75. The Morgan fingerprint density at radius 1 is 1.05 bits per heavy atom. The van der Waals surface area contributed by atoms with Crippen LogP contribution in [0.3, 0.4) is 0 Å². The molecule has 1 N–H and O–H groups in total. The van der Waals surface area contributed by atoms with Crippen LogP contribution in [-0.4, -0.2) is 6.54 Å². The smallest absolute Gasteiger partial charge is 0.0375 e. The zero-order valence-corrected chi connectivity index (χ0v) is 13.9. The van der Waals surface area contributed by atoms with E-state index < -0.39 is 0 Å². The van der Waals surface area contributed by atoms with Gasteiger partial charge in [0, 0.05) is 12.2 Å². The number of hydrogen-bond donors (Lipinski definition) is 1. The van der Waals surface area contributed by atoms with E-state index in [-0.39, 0.29) is 0 Å². The highest BCUT2D eigenvalue weighted by atomic mass is 14.9. The fraction of sp³-hybridized carbons (Fsp3) is 0.600. The Kier molecular flexibility index (Phi) is 4.10. The van der Waals surface area contributed by atoms with Gasteiger partial charge >= 0.3 is 0 Å². The van der Waals surface area contributed by atoms with Gasteiger partial charge in [-0.1, -0.05) is 52.0 Å². The lowest BCUT2D eigenvalue weighted by molar-refractivity contribution is 0.471. The first kappa shape index (κ1) is 14.7. The molecule has 0 saturated heterocycles. The lowest BCUT2D eigenvalue weighted by atomic mass is 9.92. The van der Waals surface area contributed by atoms with Crippen molar-refractivity contribution in [3.05, 3.63) is 41.5 Å². The Morgan fingerprint density at radius 2 is 1.86 bits per heavy atom. The number of benzene rings is 1. The van der Waals surface area contributed by atoms with E-state index in [4.69, 9.17) is 0 Å². The first-order chi connectivity index (χ1) is 10.0. The minimum atomic E-state index is 0.575. The highest BCUT2D eigenvalue weighted by Crippen LogP contribution is 2.43. The molecule has 2 aliphatic rings. The van der Waals surface area contributed by atoms with Crippen LogP contribution in [-0.2, 0) is 0 Å². The van der Waals surface area contributed by atoms with Gasteiger partial charge in [-0.2, -0.15) is 0 Å². The molecule has 0 radical (unpaired) electrons. The Balaban J connectivity index is 1.71. The Morgan fingerprint density at radius 3 is 2.43 bits per heavy atom. The topological polar surface area (TPSA) is 12.0 Å². The van der Waals surface area contributed by atoms with Crippen LogP contribution in [0.15, 0.2) is 30.4 Å². The number of fused-ring (bicyclic) bond motifs is 2. The molecule has 0 heterocycles. The molecule has 1 saturated carbocycles. The van der Waals surface area contributed by atoms with E-state index >= 15 is 0 Å². The second-order valence-corrected chi connectivity index (χ2v) is 7.58. The summed E-state index contributed by atoms with van der Waals surface area (Å²) in [4.78, 5) is 0. The molecule has 1 fully saturated rings. The molecule has 21 heavy (non-hydrogen) atoms. The van der Waals surface area contributed by atoms with Crippen LogP contribution >= 0.6 is 0 Å². The second kappa shape index (κ2) is 5.87. The number of anilines is 1. The molecule has 2 aliphatic carbocycles. The van der Waals surface area contributed by atoms with Crippen LogP contribution in [0.4, 0.5) is 5.69 Å². The fourth-order valence-corrected chi connectivity index (χ4v) is 3.95. The molecule has 3 rings (SSSR count). The summed E-state index contributed by atoms with van der Waals surface area (Å²) in [5.74, 6) is 3.72. The quantitative estimate of drug-likeness (QED) is 0.698. The van der Waals surface area contributed by atoms with Crippen molar-refractivity contribution in [3.63, 3.8) is 0 Å². The lowest BCUT2D eigenvalue weighted by Crippen LogP contribution is -2.19. The normalized spacial score (nSPS) is 27.0. The van der Waals surface area contributed by atoms with Crippen molar-refractivity contribution in [2.24, 2.45) is 17.8 Å². The van der Waals surface area contributed by atoms with Crippen LogP contribution in [0.25, 0.3) is 0 Å². The Bertz CT molecular complexity index is 527. The van der Waals surface area contributed by atoms with Gasteiger partial charge in [0.15, 0.2) is 0 Å². The molecule has 3 unspecified atom stereocenters. The van der Waals surface area contributed by atoms with E-state index in [2.05, 4.69) is 63.4 Å². The van der Waals surface area contributed by atoms with Gasteiger partial charge in [0.25, 0.3) is 0 Å². The van der Waals surface area contributed by atoms with Gasteiger partial charge in [-0.15, -0.1) is 0 Å². The average Bonchev–Trinajstić information content (AvgIpc) is 3.07. The summed E-state index contributed by atoms with van der Waals surface area (Å²) in [6, 6.07) is 6.99. The SMILES string of the molecule is CC(C)c1ccc(NCC2CC3C=CC2C3)c(C(C)C)c1. The van der Waals surface area contributed by atoms with Gasteiger partial charge in [0.1, 0.15) is 0 Å². The summed E-state index contributed by atoms with van der Waals surface area (Å²) in [5.41, 5.74) is 4.27. The summed E-state index contributed by atoms with van der Waals surface area (Å²) >= 11 is 0. The third-order valence-electron chi connectivity index (χ3n) is 5.34. The predicted molar refractivity (Wildman–Crippen MR) is 92.0 cm³/mol. The van der Waals surface area contributed by atoms with Crippen molar-refractivity contribution in [2.75, 3.05) is 11.9 Å². The minimum absolute atomic E-state index is 0.575. The van der Waals surface area contributed by atoms with Gasteiger partial charge in [-0.25, -0.2) is 0 Å². The zero-order valence-electron chi connectivity index (χ0n) is 13.9. The molecule has 0 aliphatic heterocycles. The molecule has 1 aromatic rings. The molecule has 0 spiro atoms. The number of nitrogens with one attached hydrogen (secondary N) is 1. The first-order valence-electron chi connectivity index (χ1n) is 8.60. The molecule has 0 aromatic heterocycles. The van der Waals surface area contributed by atoms with Crippen LogP contribution in [0, 0.1) is 17.8 Å². The monoisotopic (exact) mass is 283 g/mol. The fourth-order valence-electron chi connectivity index (χ4n) is 3.95. The van der Waals surface area contributed by atoms with Gasteiger partial charge in [0.05, 0.1) is 0 Å². The zero-order chi connectivity index (χ0) is 15.0. The minimum Gasteiger partial charge on any atom is -0.385 e. The summed E-state index contributed by atoms with van der Waals surface area (Å²) in [5, 5.41) is 3.75.